The molecular weight excluding hydrogens is 791 g/mol. The summed E-state index contributed by atoms with van der Waals surface area (Å²) in [5.74, 6) is -5.66. The van der Waals surface area contributed by atoms with Crippen molar-refractivity contribution in [3.63, 3.8) is 0 Å². The van der Waals surface area contributed by atoms with Crippen LogP contribution in [0, 0.1) is 23.3 Å². The molecule has 0 aliphatic heterocycles. The number of tetrazole rings is 1. The number of benzene rings is 2. The monoisotopic (exact) mass is 808 g/mol. The van der Waals surface area contributed by atoms with Gasteiger partial charge in [-0.05, 0) is 53.7 Å². The molecule has 4 heterocycles. The van der Waals surface area contributed by atoms with Crippen molar-refractivity contribution in [1.82, 2.24) is 35.6 Å². The third-order valence-corrected chi connectivity index (χ3v) is 5.68. The molecular formula is C30H17F4IrN7O4-2. The van der Waals surface area contributed by atoms with Crippen LogP contribution in [0.3, 0.4) is 0 Å². The maximum atomic E-state index is 13.5. The number of aromatic amines is 1. The van der Waals surface area contributed by atoms with Gasteiger partial charge < -0.3 is 19.8 Å². The summed E-state index contributed by atoms with van der Waals surface area (Å²) in [5.41, 5.74) is 0.0321. The number of carbonyl (C=O) groups excluding carboxylic acids is 2. The topological polar surface area (TPSA) is 173 Å². The maximum Gasteiger partial charge on any atom is 0.222 e. The smallest absolute Gasteiger partial charge is 0.222 e. The summed E-state index contributed by atoms with van der Waals surface area (Å²) in [6.07, 6.45) is 4.21. The summed E-state index contributed by atoms with van der Waals surface area (Å²) in [4.78, 5) is 32.8. The summed E-state index contributed by atoms with van der Waals surface area (Å²) in [5, 5.41) is 34.9. The number of H-pyrrole nitrogens is 1. The summed E-state index contributed by atoms with van der Waals surface area (Å²) in [7, 11) is 0. The molecule has 0 atom stereocenters. The van der Waals surface area contributed by atoms with Gasteiger partial charge in [0.15, 0.2) is 0 Å². The van der Waals surface area contributed by atoms with Crippen LogP contribution in [0.25, 0.3) is 33.8 Å². The van der Waals surface area contributed by atoms with Crippen LogP contribution in [0.1, 0.15) is 21.0 Å². The van der Waals surface area contributed by atoms with Crippen LogP contribution in [0.2, 0.25) is 0 Å². The van der Waals surface area contributed by atoms with Gasteiger partial charge >= 0.3 is 0 Å². The molecule has 0 bridgehead atoms. The molecule has 0 unspecified atom stereocenters. The molecule has 1 N–H and O–H groups in total. The van der Waals surface area contributed by atoms with Crippen LogP contribution >= 0.6 is 0 Å². The fourth-order valence-electron chi connectivity index (χ4n) is 3.75. The average molecular weight is 808 g/mol. The Kier molecular flexibility index (Phi) is 12.4. The third kappa shape index (κ3) is 8.90. The number of carboxylic acid groups (broad SMARTS) is 2. The molecule has 2 aromatic carbocycles. The quantitative estimate of drug-likeness (QED) is 0.255. The minimum Gasteiger partial charge on any atom is -0.543 e. The number of hydrogen-bond acceptors (Lipinski definition) is 10. The number of nitrogens with zero attached hydrogens (tertiary/aromatic N) is 6. The first-order chi connectivity index (χ1) is 21.7. The number of nitrogens with one attached hydrogen (secondary N) is 1. The molecule has 0 spiro atoms. The summed E-state index contributed by atoms with van der Waals surface area (Å²) < 4.78 is 52.5. The van der Waals surface area contributed by atoms with Crippen LogP contribution in [-0.4, -0.2) is 47.5 Å². The van der Waals surface area contributed by atoms with Gasteiger partial charge in [-0.3, -0.25) is 15.0 Å². The van der Waals surface area contributed by atoms with E-state index in [1.165, 1.54) is 36.7 Å². The molecule has 0 aliphatic carbocycles. The van der Waals surface area contributed by atoms with Crippen LogP contribution in [-0.2, 0) is 20.1 Å². The Labute approximate surface area is 270 Å². The SMILES string of the molecule is O=C([O-])c1ncccc1-c1ccc(F)cc1F.O=C([O-])c1ncccc1-c1ccc(F)cc1F.[Ir].c1ccc(-c2nn[nH]n2)nc1. The molecule has 0 saturated carbocycles. The van der Waals surface area contributed by atoms with Gasteiger partial charge in [0.2, 0.25) is 5.82 Å². The van der Waals surface area contributed by atoms with E-state index >= 15 is 0 Å². The van der Waals surface area contributed by atoms with Crippen molar-refractivity contribution >= 4 is 11.9 Å². The molecule has 1 radical (unpaired) electrons. The molecule has 11 nitrogen and oxygen atoms in total. The Morgan fingerprint density at radius 3 is 1.50 bits per heavy atom. The standard InChI is InChI=1S/2C12H7F2NO2.C6H5N5.Ir/c2*13-7-3-4-8(10(14)6-7)9-2-1-5-15-11(9)12(16)17;1-2-4-7-5(3-1)6-8-10-11-9-6;/h2*1-6H,(H,16,17);1-4H,(H,8,9,10,11);/p-2. The Morgan fingerprint density at radius 2 is 1.11 bits per heavy atom. The Morgan fingerprint density at radius 1 is 0.609 bits per heavy atom. The van der Waals surface area contributed by atoms with Crippen molar-refractivity contribution in [1.29, 1.82) is 0 Å². The Bertz CT molecular complexity index is 1830. The van der Waals surface area contributed by atoms with E-state index < -0.39 is 35.2 Å². The van der Waals surface area contributed by atoms with Gasteiger partial charge in [-0.2, -0.15) is 5.21 Å². The van der Waals surface area contributed by atoms with E-state index in [4.69, 9.17) is 0 Å². The second kappa shape index (κ2) is 16.4. The maximum absolute atomic E-state index is 13.5. The number of aromatic nitrogens is 7. The van der Waals surface area contributed by atoms with E-state index in [9.17, 15) is 37.4 Å². The first-order valence-electron chi connectivity index (χ1n) is 12.5. The molecule has 0 aliphatic rings. The van der Waals surface area contributed by atoms with Crippen molar-refractivity contribution in [3.8, 4) is 33.8 Å². The zero-order valence-electron chi connectivity index (χ0n) is 22.9. The number of halogens is 4. The fourth-order valence-corrected chi connectivity index (χ4v) is 3.75. The van der Waals surface area contributed by atoms with E-state index in [1.54, 1.807) is 6.20 Å². The second-order valence-electron chi connectivity index (χ2n) is 8.57. The van der Waals surface area contributed by atoms with Gasteiger partial charge in [-0.15, -0.1) is 10.2 Å². The largest absolute Gasteiger partial charge is 0.543 e. The van der Waals surface area contributed by atoms with E-state index in [0.29, 0.717) is 18.0 Å². The molecule has 4 aromatic heterocycles. The molecule has 0 fully saturated rings. The van der Waals surface area contributed by atoms with Crippen molar-refractivity contribution in [2.75, 3.05) is 0 Å². The molecule has 16 heteroatoms. The molecule has 6 rings (SSSR count). The molecule has 0 saturated heterocycles. The normalized spacial score (nSPS) is 9.91. The van der Waals surface area contributed by atoms with Crippen molar-refractivity contribution in [2.45, 2.75) is 0 Å². The number of aromatic carboxylic acids is 2. The minimum absolute atomic E-state index is 0. The average Bonchev–Trinajstić information content (AvgIpc) is 3.58. The zero-order chi connectivity index (χ0) is 32.3. The number of hydrogen-bond donors (Lipinski definition) is 1. The molecule has 6 aromatic rings. The Hall–Kier alpha value is -5.73. The van der Waals surface area contributed by atoms with Crippen molar-refractivity contribution in [3.05, 3.63) is 132 Å². The summed E-state index contributed by atoms with van der Waals surface area (Å²) in [6, 6.07) is 17.0. The number of pyridine rings is 3. The minimum atomic E-state index is -1.51. The van der Waals surface area contributed by atoms with Gasteiger partial charge in [-0.1, -0.05) is 18.2 Å². The van der Waals surface area contributed by atoms with Gasteiger partial charge in [0, 0.05) is 73.1 Å². The molecule has 235 valence electrons. The zero-order valence-corrected chi connectivity index (χ0v) is 25.3. The van der Waals surface area contributed by atoms with Gasteiger partial charge in [0.25, 0.3) is 0 Å². The van der Waals surface area contributed by atoms with E-state index in [0.717, 1.165) is 30.0 Å². The van der Waals surface area contributed by atoms with Crippen LogP contribution in [0.5, 0.6) is 0 Å². The van der Waals surface area contributed by atoms with Crippen LogP contribution in [0.4, 0.5) is 17.6 Å². The van der Waals surface area contributed by atoms with E-state index in [-0.39, 0.29) is 53.7 Å². The first kappa shape index (κ1) is 34.8. The van der Waals surface area contributed by atoms with Crippen molar-refractivity contribution in [2.24, 2.45) is 0 Å². The first-order valence-corrected chi connectivity index (χ1v) is 12.5. The van der Waals surface area contributed by atoms with Gasteiger partial charge in [0.1, 0.15) is 29.0 Å². The number of rotatable bonds is 5. The second-order valence-corrected chi connectivity index (χ2v) is 8.57. The number of carboxylic acids is 2. The Balaban J connectivity index is 0.000000190. The predicted octanol–water partition coefficient (Wildman–Crippen LogP) is 3.04. The molecule has 0 amide bonds. The summed E-state index contributed by atoms with van der Waals surface area (Å²) in [6.45, 7) is 0. The van der Waals surface area contributed by atoms with Crippen molar-refractivity contribution < 1.29 is 57.5 Å². The number of carbonyl (C=O) groups is 2. The van der Waals surface area contributed by atoms with Crippen LogP contribution in [0.15, 0.2) is 97.5 Å². The van der Waals surface area contributed by atoms with Gasteiger partial charge in [-0.25, -0.2) is 17.6 Å². The van der Waals surface area contributed by atoms with E-state index in [1.807, 2.05) is 18.2 Å². The van der Waals surface area contributed by atoms with Crippen LogP contribution < -0.4 is 10.2 Å². The van der Waals surface area contributed by atoms with Gasteiger partial charge in [0.05, 0.1) is 23.3 Å². The predicted molar refractivity (Wildman–Crippen MR) is 145 cm³/mol. The fraction of sp³-hybridized carbons (Fsp3) is 0. The summed E-state index contributed by atoms with van der Waals surface area (Å²) >= 11 is 0. The molecule has 46 heavy (non-hydrogen) atoms. The van der Waals surface area contributed by atoms with E-state index in [2.05, 4.69) is 35.6 Å². The third-order valence-electron chi connectivity index (χ3n) is 5.68.